The maximum Gasteiger partial charge on any atom is 0.117 e. The summed E-state index contributed by atoms with van der Waals surface area (Å²) in [6.07, 6.45) is 5.20. The van der Waals surface area contributed by atoms with Gasteiger partial charge in [0, 0.05) is 6.42 Å². The van der Waals surface area contributed by atoms with E-state index in [1.807, 2.05) is 0 Å². The molecule has 1 fully saturated rings. The van der Waals surface area contributed by atoms with Crippen molar-refractivity contribution in [3.05, 3.63) is 23.7 Å². The van der Waals surface area contributed by atoms with Crippen LogP contribution in [0.1, 0.15) is 44.6 Å². The Labute approximate surface area is 98.4 Å². The molecule has 0 aromatic carbocycles. The van der Waals surface area contributed by atoms with Crippen molar-refractivity contribution in [3.63, 3.8) is 0 Å². The average Bonchev–Trinajstić information content (AvgIpc) is 2.89. The Morgan fingerprint density at radius 3 is 2.75 bits per heavy atom. The van der Waals surface area contributed by atoms with E-state index in [4.69, 9.17) is 4.42 Å². The van der Waals surface area contributed by atoms with E-state index in [1.165, 1.54) is 19.3 Å². The summed E-state index contributed by atoms with van der Waals surface area (Å²) in [6.45, 7) is 6.52. The van der Waals surface area contributed by atoms with Gasteiger partial charge in [-0.1, -0.05) is 26.7 Å². The Kier molecular flexibility index (Phi) is 4.05. The first-order chi connectivity index (χ1) is 7.79. The Hall–Kier alpha value is -0.760. The minimum atomic E-state index is 0.876. The zero-order chi connectivity index (χ0) is 11.4. The van der Waals surface area contributed by atoms with Crippen molar-refractivity contribution >= 4 is 0 Å². The molecule has 0 radical (unpaired) electrons. The first-order valence-electron chi connectivity index (χ1n) is 6.58. The van der Waals surface area contributed by atoms with Gasteiger partial charge in [0.1, 0.15) is 11.5 Å². The third-order valence-electron chi connectivity index (χ3n) is 3.81. The molecule has 2 nitrogen and oxygen atoms in total. The first kappa shape index (κ1) is 11.7. The first-order valence-corrected chi connectivity index (χ1v) is 6.58. The van der Waals surface area contributed by atoms with E-state index in [-0.39, 0.29) is 0 Å². The standard InChI is InChI=1S/C14H23NO/c1-3-13-7-8-14(16-13)10-15-9-12-6-4-5-11(12)2/h7-8,11-12,15H,3-6,9-10H2,1-2H3. The zero-order valence-corrected chi connectivity index (χ0v) is 10.5. The summed E-state index contributed by atoms with van der Waals surface area (Å²) in [5, 5.41) is 3.52. The molecule has 2 heteroatoms. The van der Waals surface area contributed by atoms with Gasteiger partial charge in [-0.05, 0) is 36.9 Å². The summed E-state index contributed by atoms with van der Waals surface area (Å²) >= 11 is 0. The van der Waals surface area contributed by atoms with Crippen molar-refractivity contribution in [1.29, 1.82) is 0 Å². The van der Waals surface area contributed by atoms with Gasteiger partial charge in [-0.2, -0.15) is 0 Å². The lowest BCUT2D eigenvalue weighted by molar-refractivity contribution is 0.376. The van der Waals surface area contributed by atoms with Gasteiger partial charge in [0.2, 0.25) is 0 Å². The van der Waals surface area contributed by atoms with E-state index in [9.17, 15) is 0 Å². The molecule has 16 heavy (non-hydrogen) atoms. The fourth-order valence-electron chi connectivity index (χ4n) is 2.61. The van der Waals surface area contributed by atoms with Gasteiger partial charge in [0.25, 0.3) is 0 Å². The fraction of sp³-hybridized carbons (Fsp3) is 0.714. The van der Waals surface area contributed by atoms with Crippen LogP contribution in [-0.2, 0) is 13.0 Å². The van der Waals surface area contributed by atoms with Crippen molar-refractivity contribution in [2.24, 2.45) is 11.8 Å². The molecule has 1 aromatic heterocycles. The van der Waals surface area contributed by atoms with Crippen molar-refractivity contribution < 1.29 is 4.42 Å². The molecule has 1 aliphatic carbocycles. The molecule has 0 saturated heterocycles. The summed E-state index contributed by atoms with van der Waals surface area (Å²) in [6, 6.07) is 4.17. The normalized spacial score (nSPS) is 25.1. The van der Waals surface area contributed by atoms with E-state index in [0.29, 0.717) is 0 Å². The number of hydrogen-bond donors (Lipinski definition) is 1. The van der Waals surface area contributed by atoms with Crippen molar-refractivity contribution in [3.8, 4) is 0 Å². The number of nitrogens with one attached hydrogen (secondary N) is 1. The zero-order valence-electron chi connectivity index (χ0n) is 10.5. The fourth-order valence-corrected chi connectivity index (χ4v) is 2.61. The lowest BCUT2D eigenvalue weighted by Gasteiger charge is -2.15. The molecule has 1 N–H and O–H groups in total. The predicted molar refractivity (Wildman–Crippen MR) is 66.3 cm³/mol. The topological polar surface area (TPSA) is 25.2 Å². The van der Waals surface area contributed by atoms with Crippen LogP contribution in [0.4, 0.5) is 0 Å². The summed E-state index contributed by atoms with van der Waals surface area (Å²) in [5.74, 6) is 3.93. The SMILES string of the molecule is CCc1ccc(CNCC2CCCC2C)o1. The van der Waals surface area contributed by atoms with Gasteiger partial charge in [-0.25, -0.2) is 0 Å². The molecule has 0 bridgehead atoms. The monoisotopic (exact) mass is 221 g/mol. The molecule has 0 amide bonds. The number of aryl methyl sites for hydroxylation is 1. The highest BCUT2D eigenvalue weighted by Gasteiger charge is 2.22. The van der Waals surface area contributed by atoms with Crippen LogP contribution in [0, 0.1) is 11.8 Å². The minimum Gasteiger partial charge on any atom is -0.465 e. The molecule has 2 unspecified atom stereocenters. The van der Waals surface area contributed by atoms with Crippen LogP contribution in [0.15, 0.2) is 16.5 Å². The van der Waals surface area contributed by atoms with Crippen LogP contribution in [0.5, 0.6) is 0 Å². The van der Waals surface area contributed by atoms with Crippen LogP contribution in [-0.4, -0.2) is 6.54 Å². The van der Waals surface area contributed by atoms with Crippen molar-refractivity contribution in [2.45, 2.75) is 46.1 Å². The molecule has 1 saturated carbocycles. The lowest BCUT2D eigenvalue weighted by atomic mass is 9.98. The summed E-state index contributed by atoms with van der Waals surface area (Å²) in [4.78, 5) is 0. The second kappa shape index (κ2) is 5.53. The van der Waals surface area contributed by atoms with Gasteiger partial charge >= 0.3 is 0 Å². The van der Waals surface area contributed by atoms with Crippen LogP contribution in [0.2, 0.25) is 0 Å². The van der Waals surface area contributed by atoms with Crippen molar-refractivity contribution in [2.75, 3.05) is 6.54 Å². The van der Waals surface area contributed by atoms with E-state index in [2.05, 4.69) is 31.3 Å². The van der Waals surface area contributed by atoms with E-state index in [0.717, 1.165) is 42.9 Å². The maximum atomic E-state index is 5.66. The van der Waals surface area contributed by atoms with Crippen LogP contribution < -0.4 is 5.32 Å². The molecule has 2 atom stereocenters. The van der Waals surface area contributed by atoms with Gasteiger partial charge in [-0.3, -0.25) is 0 Å². The number of furan rings is 1. The van der Waals surface area contributed by atoms with Crippen molar-refractivity contribution in [1.82, 2.24) is 5.32 Å². The smallest absolute Gasteiger partial charge is 0.117 e. The van der Waals surface area contributed by atoms with Gasteiger partial charge < -0.3 is 9.73 Å². The van der Waals surface area contributed by atoms with Crippen LogP contribution in [0.3, 0.4) is 0 Å². The van der Waals surface area contributed by atoms with Crippen LogP contribution >= 0.6 is 0 Å². The van der Waals surface area contributed by atoms with Gasteiger partial charge in [-0.15, -0.1) is 0 Å². The predicted octanol–water partition coefficient (Wildman–Crippen LogP) is 3.37. The second-order valence-electron chi connectivity index (χ2n) is 5.02. The van der Waals surface area contributed by atoms with Gasteiger partial charge in [0.15, 0.2) is 0 Å². The minimum absolute atomic E-state index is 0.876. The van der Waals surface area contributed by atoms with E-state index in [1.54, 1.807) is 0 Å². The Bertz CT molecular complexity index is 318. The Morgan fingerprint density at radius 2 is 2.12 bits per heavy atom. The highest BCUT2D eigenvalue weighted by Crippen LogP contribution is 2.30. The van der Waals surface area contributed by atoms with Gasteiger partial charge in [0.05, 0.1) is 6.54 Å². The molecular formula is C14H23NO. The lowest BCUT2D eigenvalue weighted by Crippen LogP contribution is -2.23. The molecule has 1 heterocycles. The third kappa shape index (κ3) is 2.88. The Balaban J connectivity index is 1.71. The summed E-state index contributed by atoms with van der Waals surface area (Å²) < 4.78 is 5.66. The van der Waals surface area contributed by atoms with Crippen LogP contribution in [0.25, 0.3) is 0 Å². The highest BCUT2D eigenvalue weighted by molar-refractivity contribution is 5.06. The summed E-state index contributed by atoms with van der Waals surface area (Å²) in [5.41, 5.74) is 0. The molecule has 0 aliphatic heterocycles. The molecule has 90 valence electrons. The summed E-state index contributed by atoms with van der Waals surface area (Å²) in [7, 11) is 0. The van der Waals surface area contributed by atoms with E-state index >= 15 is 0 Å². The maximum absolute atomic E-state index is 5.66. The largest absolute Gasteiger partial charge is 0.465 e. The third-order valence-corrected chi connectivity index (χ3v) is 3.81. The molecular weight excluding hydrogens is 198 g/mol. The molecule has 1 aliphatic rings. The molecule has 0 spiro atoms. The highest BCUT2D eigenvalue weighted by atomic mass is 16.3. The number of rotatable bonds is 5. The van der Waals surface area contributed by atoms with E-state index < -0.39 is 0 Å². The Morgan fingerprint density at radius 1 is 1.31 bits per heavy atom. The average molecular weight is 221 g/mol. The number of hydrogen-bond acceptors (Lipinski definition) is 2. The quantitative estimate of drug-likeness (QED) is 0.824. The molecule has 1 aromatic rings. The molecule has 2 rings (SSSR count). The second-order valence-corrected chi connectivity index (χ2v) is 5.02.